The SMILES string of the molecule is O=C(CCCCCC(=O)Nc1ccccc1O)N/N=C/c1ccc([N+](=O)[O-])s1. The van der Waals surface area contributed by atoms with Crippen molar-refractivity contribution in [1.29, 1.82) is 0 Å². The second kappa shape index (κ2) is 10.8. The molecule has 1 heterocycles. The van der Waals surface area contributed by atoms with E-state index in [1.54, 1.807) is 24.3 Å². The second-order valence-electron chi connectivity index (χ2n) is 5.85. The van der Waals surface area contributed by atoms with Gasteiger partial charge in [0, 0.05) is 18.9 Å². The number of amides is 2. The molecule has 9 nitrogen and oxygen atoms in total. The molecule has 0 bridgehead atoms. The largest absolute Gasteiger partial charge is 0.506 e. The lowest BCUT2D eigenvalue weighted by molar-refractivity contribution is -0.380. The molecule has 0 saturated carbocycles. The molecule has 0 aliphatic rings. The lowest BCUT2D eigenvalue weighted by atomic mass is 10.1. The van der Waals surface area contributed by atoms with Crippen LogP contribution in [0.1, 0.15) is 37.0 Å². The average molecular weight is 404 g/mol. The number of carbonyl (C=O) groups excluding carboxylic acids is 2. The van der Waals surface area contributed by atoms with E-state index in [4.69, 9.17) is 0 Å². The topological polar surface area (TPSA) is 134 Å². The highest BCUT2D eigenvalue weighted by atomic mass is 32.1. The van der Waals surface area contributed by atoms with E-state index in [0.29, 0.717) is 36.2 Å². The minimum absolute atomic E-state index is 0.0132. The number of thiophene rings is 1. The number of hydrazone groups is 1. The highest BCUT2D eigenvalue weighted by Crippen LogP contribution is 2.22. The molecule has 0 fully saturated rings. The van der Waals surface area contributed by atoms with E-state index < -0.39 is 4.92 Å². The molecular formula is C18H20N4O5S. The summed E-state index contributed by atoms with van der Waals surface area (Å²) in [4.78, 5) is 34.2. The van der Waals surface area contributed by atoms with Crippen molar-refractivity contribution in [2.75, 3.05) is 5.32 Å². The first-order chi connectivity index (χ1) is 13.5. The number of anilines is 1. The van der Waals surface area contributed by atoms with Crippen LogP contribution in [0.3, 0.4) is 0 Å². The van der Waals surface area contributed by atoms with Crippen molar-refractivity contribution in [1.82, 2.24) is 5.43 Å². The van der Waals surface area contributed by atoms with E-state index in [2.05, 4.69) is 15.8 Å². The maximum absolute atomic E-state index is 11.8. The number of para-hydroxylation sites is 2. The molecule has 1 aromatic heterocycles. The van der Waals surface area contributed by atoms with Gasteiger partial charge in [-0.15, -0.1) is 0 Å². The van der Waals surface area contributed by atoms with Crippen LogP contribution in [0.2, 0.25) is 0 Å². The zero-order chi connectivity index (χ0) is 20.4. The fraction of sp³-hybridized carbons (Fsp3) is 0.278. The fourth-order valence-corrected chi connectivity index (χ4v) is 2.97. The molecule has 2 rings (SSSR count). The summed E-state index contributed by atoms with van der Waals surface area (Å²) in [5, 5.41) is 26.6. The number of nitrogens with zero attached hydrogens (tertiary/aromatic N) is 2. The van der Waals surface area contributed by atoms with Crippen LogP contribution in [0.5, 0.6) is 5.75 Å². The van der Waals surface area contributed by atoms with E-state index in [0.717, 1.165) is 11.3 Å². The number of hydrogen-bond donors (Lipinski definition) is 3. The van der Waals surface area contributed by atoms with Gasteiger partial charge in [-0.1, -0.05) is 29.9 Å². The molecule has 0 saturated heterocycles. The van der Waals surface area contributed by atoms with Crippen LogP contribution in [0.15, 0.2) is 41.5 Å². The van der Waals surface area contributed by atoms with Crippen LogP contribution in [0.4, 0.5) is 10.7 Å². The quantitative estimate of drug-likeness (QED) is 0.183. The number of nitrogens with one attached hydrogen (secondary N) is 2. The van der Waals surface area contributed by atoms with Crippen molar-refractivity contribution >= 4 is 40.1 Å². The zero-order valence-electron chi connectivity index (χ0n) is 15.0. The molecule has 0 atom stereocenters. The summed E-state index contributed by atoms with van der Waals surface area (Å²) in [6, 6.07) is 9.44. The molecule has 3 N–H and O–H groups in total. The van der Waals surface area contributed by atoms with Gasteiger partial charge in [-0.05, 0) is 31.0 Å². The van der Waals surface area contributed by atoms with E-state index in [1.807, 2.05) is 0 Å². The van der Waals surface area contributed by atoms with Gasteiger partial charge in [-0.3, -0.25) is 19.7 Å². The van der Waals surface area contributed by atoms with Gasteiger partial charge in [0.05, 0.1) is 21.7 Å². The highest BCUT2D eigenvalue weighted by molar-refractivity contribution is 7.16. The maximum atomic E-state index is 11.8. The Hall–Kier alpha value is -3.27. The average Bonchev–Trinajstić information content (AvgIpc) is 3.12. The standard InChI is InChI=1S/C18H20N4O5S/c23-15-7-5-4-6-14(15)20-16(24)8-2-1-3-9-17(25)21-19-12-13-10-11-18(28-13)22(26)27/h4-7,10-12,23H,1-3,8-9H2,(H,20,24)(H,21,25)/b19-12+. The number of benzene rings is 1. The molecule has 0 spiro atoms. The summed E-state index contributed by atoms with van der Waals surface area (Å²) < 4.78 is 0. The van der Waals surface area contributed by atoms with Gasteiger partial charge >= 0.3 is 5.00 Å². The number of hydrogen-bond acceptors (Lipinski definition) is 7. The van der Waals surface area contributed by atoms with Crippen molar-refractivity contribution in [3.63, 3.8) is 0 Å². The van der Waals surface area contributed by atoms with Crippen LogP contribution in [-0.2, 0) is 9.59 Å². The van der Waals surface area contributed by atoms with Gasteiger partial charge in [-0.25, -0.2) is 5.43 Å². The number of aromatic hydroxyl groups is 1. The molecule has 0 aliphatic carbocycles. The summed E-state index contributed by atoms with van der Waals surface area (Å²) in [5.41, 5.74) is 2.74. The minimum atomic E-state index is -0.483. The van der Waals surface area contributed by atoms with Crippen LogP contribution in [-0.4, -0.2) is 28.1 Å². The van der Waals surface area contributed by atoms with Crippen LogP contribution >= 0.6 is 11.3 Å². The molecule has 0 radical (unpaired) electrons. The predicted octanol–water partition coefficient (Wildman–Crippen LogP) is 3.40. The van der Waals surface area contributed by atoms with E-state index in [-0.39, 0.29) is 29.0 Å². The third kappa shape index (κ3) is 7.16. The van der Waals surface area contributed by atoms with Crippen LogP contribution in [0, 0.1) is 10.1 Å². The first-order valence-electron chi connectivity index (χ1n) is 8.59. The van der Waals surface area contributed by atoms with E-state index in [1.165, 1.54) is 18.3 Å². The summed E-state index contributed by atoms with van der Waals surface area (Å²) in [7, 11) is 0. The van der Waals surface area contributed by atoms with Crippen LogP contribution in [0.25, 0.3) is 0 Å². The first kappa shape index (κ1) is 21.0. The Morgan fingerprint density at radius 2 is 1.82 bits per heavy atom. The van der Waals surface area contributed by atoms with Gasteiger partial charge in [0.15, 0.2) is 0 Å². The number of carbonyl (C=O) groups is 2. The van der Waals surface area contributed by atoms with Gasteiger partial charge < -0.3 is 10.4 Å². The summed E-state index contributed by atoms with van der Waals surface area (Å²) >= 11 is 0.968. The number of rotatable bonds is 10. The smallest absolute Gasteiger partial charge is 0.324 e. The third-order valence-corrected chi connectivity index (χ3v) is 4.63. The summed E-state index contributed by atoms with van der Waals surface area (Å²) in [5.74, 6) is -0.438. The molecule has 10 heteroatoms. The summed E-state index contributed by atoms with van der Waals surface area (Å²) in [6.07, 6.45) is 3.85. The molecule has 28 heavy (non-hydrogen) atoms. The Balaban J connectivity index is 1.58. The predicted molar refractivity (Wildman–Crippen MR) is 107 cm³/mol. The van der Waals surface area contributed by atoms with Gasteiger partial charge in [0.2, 0.25) is 11.8 Å². The van der Waals surface area contributed by atoms with Crippen molar-refractivity contribution < 1.29 is 19.6 Å². The van der Waals surface area contributed by atoms with Crippen molar-refractivity contribution in [2.24, 2.45) is 5.10 Å². The monoisotopic (exact) mass is 404 g/mol. The Morgan fingerprint density at radius 1 is 1.11 bits per heavy atom. The van der Waals surface area contributed by atoms with Gasteiger partial charge in [0.1, 0.15) is 5.75 Å². The number of phenols is 1. The Bertz CT molecular complexity index is 865. The van der Waals surface area contributed by atoms with Crippen molar-refractivity contribution in [3.05, 3.63) is 51.4 Å². The van der Waals surface area contributed by atoms with E-state index >= 15 is 0 Å². The number of phenolic OH excluding ortho intramolecular Hbond substituents is 1. The van der Waals surface area contributed by atoms with Crippen molar-refractivity contribution in [2.45, 2.75) is 32.1 Å². The molecule has 1 aromatic carbocycles. The van der Waals surface area contributed by atoms with Crippen LogP contribution < -0.4 is 10.7 Å². The van der Waals surface area contributed by atoms with E-state index in [9.17, 15) is 24.8 Å². The fourth-order valence-electron chi connectivity index (χ4n) is 2.27. The molecule has 148 valence electrons. The highest BCUT2D eigenvalue weighted by Gasteiger charge is 2.08. The normalized spacial score (nSPS) is 10.7. The Labute approximate surface area is 165 Å². The second-order valence-corrected chi connectivity index (χ2v) is 6.95. The molecular weight excluding hydrogens is 384 g/mol. The molecule has 2 aromatic rings. The summed E-state index contributed by atoms with van der Waals surface area (Å²) in [6.45, 7) is 0. The number of nitro groups is 1. The van der Waals surface area contributed by atoms with Crippen molar-refractivity contribution in [3.8, 4) is 5.75 Å². The molecule has 2 amide bonds. The Kier molecular flexibility index (Phi) is 8.10. The van der Waals surface area contributed by atoms with Gasteiger partial charge in [-0.2, -0.15) is 5.10 Å². The number of unbranched alkanes of at least 4 members (excludes halogenated alkanes) is 2. The lowest BCUT2D eigenvalue weighted by Gasteiger charge is -2.06. The maximum Gasteiger partial charge on any atom is 0.324 e. The Morgan fingerprint density at radius 3 is 2.50 bits per heavy atom. The van der Waals surface area contributed by atoms with Gasteiger partial charge in [0.25, 0.3) is 0 Å². The third-order valence-electron chi connectivity index (χ3n) is 3.66. The first-order valence-corrected chi connectivity index (χ1v) is 9.41. The lowest BCUT2D eigenvalue weighted by Crippen LogP contribution is -2.17. The molecule has 0 unspecified atom stereocenters. The minimum Gasteiger partial charge on any atom is -0.506 e. The molecule has 0 aliphatic heterocycles. The zero-order valence-corrected chi connectivity index (χ0v) is 15.8.